The van der Waals surface area contributed by atoms with Crippen LogP contribution in [-0.4, -0.2) is 30.2 Å². The maximum Gasteiger partial charge on any atom is 0.404 e. The molecule has 0 spiro atoms. The van der Waals surface area contributed by atoms with Gasteiger partial charge in [0.2, 0.25) is 10.0 Å². The minimum absolute atomic E-state index is 0.0773. The Balaban J connectivity index is 1.81. The highest BCUT2D eigenvalue weighted by molar-refractivity contribution is 7.89. The SMILES string of the molecule is CCC(NS(=O)(=O)c1ccc(-c2c(C#N)c3cc(F)c(C)cc3n2C2CCC2)nc1)C(F)(F)F. The van der Waals surface area contributed by atoms with Crippen LogP contribution in [0.1, 0.15) is 49.8 Å². The zero-order chi connectivity index (χ0) is 24.8. The molecule has 0 amide bonds. The van der Waals surface area contributed by atoms with E-state index in [9.17, 15) is 31.2 Å². The Hall–Kier alpha value is -2.97. The zero-order valence-electron chi connectivity index (χ0n) is 18.4. The summed E-state index contributed by atoms with van der Waals surface area (Å²) in [6.07, 6.45) is -1.49. The van der Waals surface area contributed by atoms with Crippen molar-refractivity contribution in [1.82, 2.24) is 14.3 Å². The van der Waals surface area contributed by atoms with E-state index in [1.54, 1.807) is 17.7 Å². The van der Waals surface area contributed by atoms with Crippen LogP contribution in [0.3, 0.4) is 0 Å². The van der Waals surface area contributed by atoms with Gasteiger partial charge in [-0.15, -0.1) is 0 Å². The molecule has 1 aromatic carbocycles. The fourth-order valence-corrected chi connectivity index (χ4v) is 5.39. The number of aryl methyl sites for hydroxylation is 1. The summed E-state index contributed by atoms with van der Waals surface area (Å²) in [6.45, 7) is 2.86. The van der Waals surface area contributed by atoms with Crippen molar-refractivity contribution in [3.8, 4) is 17.5 Å². The molecule has 1 aliphatic carbocycles. The van der Waals surface area contributed by atoms with Gasteiger partial charge in [0, 0.05) is 17.6 Å². The van der Waals surface area contributed by atoms with Gasteiger partial charge >= 0.3 is 6.18 Å². The smallest absolute Gasteiger partial charge is 0.335 e. The Bertz CT molecular complexity index is 1390. The number of nitriles is 1. The molecule has 1 unspecified atom stereocenters. The molecule has 0 saturated heterocycles. The van der Waals surface area contributed by atoms with Crippen LogP contribution in [-0.2, 0) is 10.0 Å². The second kappa shape index (κ2) is 8.67. The summed E-state index contributed by atoms with van der Waals surface area (Å²) in [4.78, 5) is 3.77. The molecule has 0 bridgehead atoms. The number of sulfonamides is 1. The van der Waals surface area contributed by atoms with E-state index in [0.29, 0.717) is 22.2 Å². The summed E-state index contributed by atoms with van der Waals surface area (Å²) in [6, 6.07) is 5.48. The first-order valence-corrected chi connectivity index (χ1v) is 12.3. The third-order valence-electron chi connectivity index (χ3n) is 6.23. The Morgan fingerprint density at radius 3 is 2.50 bits per heavy atom. The van der Waals surface area contributed by atoms with Crippen molar-refractivity contribution in [1.29, 1.82) is 5.26 Å². The maximum absolute atomic E-state index is 14.3. The van der Waals surface area contributed by atoms with Crippen LogP contribution in [0.2, 0.25) is 0 Å². The molecular formula is C23H22F4N4O2S. The lowest BCUT2D eigenvalue weighted by molar-refractivity contribution is -0.151. The molecule has 1 atom stereocenters. The third kappa shape index (κ3) is 4.16. The van der Waals surface area contributed by atoms with E-state index in [1.807, 2.05) is 4.57 Å². The highest BCUT2D eigenvalue weighted by Crippen LogP contribution is 2.42. The highest BCUT2D eigenvalue weighted by Gasteiger charge is 2.41. The Labute approximate surface area is 194 Å². The number of nitrogens with zero attached hydrogens (tertiary/aromatic N) is 3. The van der Waals surface area contributed by atoms with Gasteiger partial charge in [0.05, 0.1) is 22.5 Å². The molecule has 3 aromatic rings. The molecule has 2 aromatic heterocycles. The summed E-state index contributed by atoms with van der Waals surface area (Å²) in [5.74, 6) is -0.447. The molecule has 4 rings (SSSR count). The van der Waals surface area contributed by atoms with Crippen LogP contribution in [0.4, 0.5) is 17.6 Å². The predicted molar refractivity (Wildman–Crippen MR) is 118 cm³/mol. The molecule has 180 valence electrons. The van der Waals surface area contributed by atoms with Crippen molar-refractivity contribution in [2.45, 2.75) is 62.7 Å². The van der Waals surface area contributed by atoms with Crippen molar-refractivity contribution in [2.75, 3.05) is 0 Å². The molecule has 34 heavy (non-hydrogen) atoms. The molecule has 1 fully saturated rings. The zero-order valence-corrected chi connectivity index (χ0v) is 19.3. The van der Waals surface area contributed by atoms with Gasteiger partial charge in [-0.2, -0.15) is 23.2 Å². The molecule has 1 aliphatic rings. The average Bonchev–Trinajstić information content (AvgIpc) is 3.03. The monoisotopic (exact) mass is 494 g/mol. The number of aromatic nitrogens is 2. The van der Waals surface area contributed by atoms with Gasteiger partial charge in [-0.3, -0.25) is 4.98 Å². The first-order valence-electron chi connectivity index (χ1n) is 10.8. The molecule has 0 aliphatic heterocycles. The van der Waals surface area contributed by atoms with Crippen molar-refractivity contribution in [3.63, 3.8) is 0 Å². The van der Waals surface area contributed by atoms with Gasteiger partial charge < -0.3 is 4.57 Å². The van der Waals surface area contributed by atoms with E-state index in [2.05, 4.69) is 11.1 Å². The largest absolute Gasteiger partial charge is 0.404 e. The predicted octanol–water partition coefficient (Wildman–Crippen LogP) is 5.37. The minimum atomic E-state index is -4.73. The Kier molecular flexibility index (Phi) is 6.16. The van der Waals surface area contributed by atoms with E-state index in [0.717, 1.165) is 31.5 Å². The van der Waals surface area contributed by atoms with Crippen LogP contribution < -0.4 is 4.72 Å². The summed E-state index contributed by atoms with van der Waals surface area (Å²) in [7, 11) is -4.48. The molecule has 1 N–H and O–H groups in total. The summed E-state index contributed by atoms with van der Waals surface area (Å²) in [5.41, 5.74) is 2.04. The topological polar surface area (TPSA) is 87.8 Å². The van der Waals surface area contributed by atoms with Crippen molar-refractivity contribution in [2.24, 2.45) is 0 Å². The van der Waals surface area contributed by atoms with Gasteiger partial charge in [0.1, 0.15) is 22.8 Å². The standard InChI is InChI=1S/C23H22F4N4O2S/c1-3-21(23(25,26)27)30-34(32,33)15-7-8-19(29-12-15)22-17(11-28)16-10-18(24)13(2)9-20(16)31(22)14-5-4-6-14/h7-10,12,14,21,30H,3-6H2,1-2H3. The van der Waals surface area contributed by atoms with E-state index in [-0.39, 0.29) is 17.3 Å². The normalized spacial score (nSPS) is 15.8. The van der Waals surface area contributed by atoms with Crippen molar-refractivity contribution in [3.05, 3.63) is 47.4 Å². The molecule has 6 nitrogen and oxygen atoms in total. The number of hydrogen-bond donors (Lipinski definition) is 1. The van der Waals surface area contributed by atoms with Crippen LogP contribution >= 0.6 is 0 Å². The number of pyridine rings is 1. The number of hydrogen-bond acceptors (Lipinski definition) is 4. The fourth-order valence-electron chi connectivity index (χ4n) is 4.14. The number of alkyl halides is 3. The molecule has 11 heteroatoms. The quantitative estimate of drug-likeness (QED) is 0.467. The molecule has 2 heterocycles. The van der Waals surface area contributed by atoms with E-state index in [4.69, 9.17) is 0 Å². The van der Waals surface area contributed by atoms with E-state index in [1.165, 1.54) is 19.1 Å². The lowest BCUT2D eigenvalue weighted by Crippen LogP contribution is -2.44. The van der Waals surface area contributed by atoms with Crippen LogP contribution in [0.15, 0.2) is 35.4 Å². The van der Waals surface area contributed by atoms with Gasteiger partial charge in [-0.1, -0.05) is 6.92 Å². The summed E-state index contributed by atoms with van der Waals surface area (Å²) >= 11 is 0. The fraction of sp³-hybridized carbons (Fsp3) is 0.391. The second-order valence-electron chi connectivity index (χ2n) is 8.41. The summed E-state index contributed by atoms with van der Waals surface area (Å²) in [5, 5.41) is 10.3. The lowest BCUT2D eigenvalue weighted by Gasteiger charge is -2.30. The van der Waals surface area contributed by atoms with Crippen molar-refractivity contribution >= 4 is 20.9 Å². The maximum atomic E-state index is 14.3. The van der Waals surface area contributed by atoms with Gasteiger partial charge in [-0.05, 0) is 62.4 Å². The summed E-state index contributed by atoms with van der Waals surface area (Å²) < 4.78 is 82.1. The number of rotatable bonds is 6. The van der Waals surface area contributed by atoms with Crippen LogP contribution in [0, 0.1) is 24.1 Å². The molecule has 0 radical (unpaired) electrons. The van der Waals surface area contributed by atoms with E-state index < -0.39 is 39.4 Å². The van der Waals surface area contributed by atoms with Crippen molar-refractivity contribution < 1.29 is 26.0 Å². The second-order valence-corrected chi connectivity index (χ2v) is 10.1. The number of benzene rings is 1. The third-order valence-corrected chi connectivity index (χ3v) is 7.68. The number of fused-ring (bicyclic) bond motifs is 1. The first-order chi connectivity index (χ1) is 16.0. The lowest BCUT2D eigenvalue weighted by atomic mass is 9.92. The highest BCUT2D eigenvalue weighted by atomic mass is 32.2. The van der Waals surface area contributed by atoms with E-state index >= 15 is 0 Å². The minimum Gasteiger partial charge on any atom is -0.335 e. The average molecular weight is 495 g/mol. The molecular weight excluding hydrogens is 472 g/mol. The van der Waals surface area contributed by atoms with Gasteiger partial charge in [0.15, 0.2) is 0 Å². The first kappa shape index (κ1) is 24.2. The Morgan fingerprint density at radius 1 is 1.29 bits per heavy atom. The van der Waals surface area contributed by atoms with Crippen LogP contribution in [0.25, 0.3) is 22.3 Å². The Morgan fingerprint density at radius 2 is 2.00 bits per heavy atom. The number of halogens is 4. The molecule has 1 saturated carbocycles. The van der Waals surface area contributed by atoms with Crippen LogP contribution in [0.5, 0.6) is 0 Å². The van der Waals surface area contributed by atoms with Gasteiger partial charge in [0.25, 0.3) is 0 Å². The van der Waals surface area contributed by atoms with Gasteiger partial charge in [-0.25, -0.2) is 12.8 Å². The number of nitrogens with one attached hydrogen (secondary N) is 1.